The van der Waals surface area contributed by atoms with Crippen molar-refractivity contribution in [3.63, 3.8) is 0 Å². The zero-order valence-electron chi connectivity index (χ0n) is 10.9. The molecule has 0 aromatic carbocycles. The summed E-state index contributed by atoms with van der Waals surface area (Å²) in [6.45, 7) is 2.77. The first kappa shape index (κ1) is 14.3. The molecule has 0 aliphatic carbocycles. The van der Waals surface area contributed by atoms with E-state index in [1.165, 1.54) is 6.20 Å². The van der Waals surface area contributed by atoms with E-state index < -0.39 is 23.4 Å². The van der Waals surface area contributed by atoms with Gasteiger partial charge < -0.3 is 10.6 Å². The fourth-order valence-corrected chi connectivity index (χ4v) is 1.94. The summed E-state index contributed by atoms with van der Waals surface area (Å²) in [4.78, 5) is 40.1. The molecule has 1 saturated heterocycles. The number of nitrogens with zero attached hydrogens (tertiary/aromatic N) is 2. The molecule has 0 radical (unpaired) electrons. The van der Waals surface area contributed by atoms with Crippen LogP contribution >= 0.6 is 11.6 Å². The van der Waals surface area contributed by atoms with Crippen LogP contribution in [0.5, 0.6) is 0 Å². The smallest absolute Gasteiger partial charge is 0.324 e. The van der Waals surface area contributed by atoms with Gasteiger partial charge in [-0.1, -0.05) is 11.6 Å². The molecular weight excluding hydrogens is 284 g/mol. The quantitative estimate of drug-likeness (QED) is 0.643. The summed E-state index contributed by atoms with van der Waals surface area (Å²) >= 11 is 5.80. The number of amides is 4. The van der Waals surface area contributed by atoms with Crippen molar-refractivity contribution in [1.82, 2.24) is 15.2 Å². The SMILES string of the molecule is CC1(C)NC(=O)N(CC(=O)Nc2cccnc2Cl)C1=O. The Morgan fingerprint density at radius 1 is 1.50 bits per heavy atom. The molecule has 2 heterocycles. The molecule has 1 aliphatic rings. The highest BCUT2D eigenvalue weighted by Crippen LogP contribution is 2.19. The van der Waals surface area contributed by atoms with Gasteiger partial charge in [-0.15, -0.1) is 0 Å². The van der Waals surface area contributed by atoms with E-state index in [4.69, 9.17) is 11.6 Å². The van der Waals surface area contributed by atoms with E-state index >= 15 is 0 Å². The van der Waals surface area contributed by atoms with Crippen LogP contribution in [0.15, 0.2) is 18.3 Å². The first-order chi connectivity index (χ1) is 9.31. The number of rotatable bonds is 3. The van der Waals surface area contributed by atoms with E-state index in [0.717, 1.165) is 4.90 Å². The van der Waals surface area contributed by atoms with E-state index in [2.05, 4.69) is 15.6 Å². The molecule has 2 N–H and O–H groups in total. The molecule has 8 heteroatoms. The molecule has 4 amide bonds. The zero-order chi connectivity index (χ0) is 14.9. The van der Waals surface area contributed by atoms with Crippen molar-refractivity contribution in [2.24, 2.45) is 0 Å². The van der Waals surface area contributed by atoms with Gasteiger partial charge in [-0.05, 0) is 26.0 Å². The Morgan fingerprint density at radius 2 is 2.20 bits per heavy atom. The molecule has 1 aromatic heterocycles. The minimum Gasteiger partial charge on any atom is -0.324 e. The monoisotopic (exact) mass is 296 g/mol. The Morgan fingerprint density at radius 3 is 2.75 bits per heavy atom. The second-order valence-electron chi connectivity index (χ2n) is 4.84. The van der Waals surface area contributed by atoms with Gasteiger partial charge in [0.25, 0.3) is 5.91 Å². The predicted molar refractivity (Wildman–Crippen MR) is 72.2 cm³/mol. The lowest BCUT2D eigenvalue weighted by Gasteiger charge is -2.15. The highest BCUT2D eigenvalue weighted by Gasteiger charge is 2.44. The number of nitrogens with one attached hydrogen (secondary N) is 2. The van der Waals surface area contributed by atoms with Crippen LogP contribution in [0.2, 0.25) is 5.15 Å². The standard InChI is InChI=1S/C12H13ClN4O3/c1-12(2)10(19)17(11(20)16-12)6-8(18)15-7-4-3-5-14-9(7)13/h3-5H,6H2,1-2H3,(H,15,18)(H,16,20). The first-order valence-corrected chi connectivity index (χ1v) is 6.23. The Hall–Kier alpha value is -2.15. The summed E-state index contributed by atoms with van der Waals surface area (Å²) < 4.78 is 0. The van der Waals surface area contributed by atoms with E-state index in [1.807, 2.05) is 0 Å². The lowest BCUT2D eigenvalue weighted by Crippen LogP contribution is -2.41. The van der Waals surface area contributed by atoms with Crippen LogP contribution in [0, 0.1) is 0 Å². The second-order valence-corrected chi connectivity index (χ2v) is 5.19. The van der Waals surface area contributed by atoms with Gasteiger partial charge in [-0.2, -0.15) is 0 Å². The minimum atomic E-state index is -0.997. The summed E-state index contributed by atoms with van der Waals surface area (Å²) in [5.41, 5.74) is -0.672. The Kier molecular flexibility index (Phi) is 3.63. The van der Waals surface area contributed by atoms with E-state index in [1.54, 1.807) is 26.0 Å². The number of halogens is 1. The molecule has 1 aliphatic heterocycles. The summed E-state index contributed by atoms with van der Waals surface area (Å²) in [7, 11) is 0. The molecular formula is C12H13ClN4O3. The second kappa shape index (κ2) is 5.09. The molecule has 0 spiro atoms. The van der Waals surface area contributed by atoms with Crippen LogP contribution in [0.4, 0.5) is 10.5 Å². The van der Waals surface area contributed by atoms with Crippen molar-refractivity contribution < 1.29 is 14.4 Å². The number of imide groups is 1. The number of pyridine rings is 1. The van der Waals surface area contributed by atoms with Crippen LogP contribution < -0.4 is 10.6 Å². The highest BCUT2D eigenvalue weighted by molar-refractivity contribution is 6.32. The topological polar surface area (TPSA) is 91.4 Å². The zero-order valence-corrected chi connectivity index (χ0v) is 11.7. The predicted octanol–water partition coefficient (Wildman–Crippen LogP) is 1.00. The molecule has 1 fully saturated rings. The summed E-state index contributed by atoms with van der Waals surface area (Å²) in [5.74, 6) is -0.976. The van der Waals surface area contributed by atoms with Gasteiger partial charge in [-0.25, -0.2) is 9.78 Å². The number of anilines is 1. The third kappa shape index (κ3) is 2.72. The molecule has 106 valence electrons. The van der Waals surface area contributed by atoms with Crippen LogP contribution in [0.3, 0.4) is 0 Å². The van der Waals surface area contributed by atoms with Crippen molar-refractivity contribution in [3.05, 3.63) is 23.5 Å². The van der Waals surface area contributed by atoms with E-state index in [0.29, 0.717) is 5.69 Å². The van der Waals surface area contributed by atoms with Gasteiger partial charge in [-0.3, -0.25) is 14.5 Å². The van der Waals surface area contributed by atoms with Crippen molar-refractivity contribution in [1.29, 1.82) is 0 Å². The van der Waals surface area contributed by atoms with Gasteiger partial charge in [0.2, 0.25) is 5.91 Å². The molecule has 0 atom stereocenters. The normalized spacial score (nSPS) is 17.1. The maximum absolute atomic E-state index is 11.9. The van der Waals surface area contributed by atoms with Gasteiger partial charge in [0.05, 0.1) is 5.69 Å². The number of carbonyl (C=O) groups is 3. The number of hydrogen-bond acceptors (Lipinski definition) is 4. The van der Waals surface area contributed by atoms with Gasteiger partial charge >= 0.3 is 6.03 Å². The Labute approximate surface area is 120 Å². The lowest BCUT2D eigenvalue weighted by atomic mass is 10.1. The highest BCUT2D eigenvalue weighted by atomic mass is 35.5. The van der Waals surface area contributed by atoms with E-state index in [9.17, 15) is 14.4 Å². The molecule has 0 unspecified atom stereocenters. The van der Waals surface area contributed by atoms with Crippen molar-refractivity contribution in [3.8, 4) is 0 Å². The van der Waals surface area contributed by atoms with Crippen molar-refractivity contribution in [2.75, 3.05) is 11.9 Å². The third-order valence-electron chi connectivity index (χ3n) is 2.78. The number of aromatic nitrogens is 1. The van der Waals surface area contributed by atoms with Gasteiger partial charge in [0.1, 0.15) is 12.1 Å². The molecule has 1 aromatic rings. The van der Waals surface area contributed by atoms with E-state index in [-0.39, 0.29) is 11.7 Å². The van der Waals surface area contributed by atoms with Crippen LogP contribution in [-0.4, -0.2) is 39.8 Å². The van der Waals surface area contributed by atoms with Gasteiger partial charge in [0.15, 0.2) is 5.15 Å². The lowest BCUT2D eigenvalue weighted by molar-refractivity contribution is -0.132. The van der Waals surface area contributed by atoms with Crippen molar-refractivity contribution in [2.45, 2.75) is 19.4 Å². The number of carbonyl (C=O) groups excluding carboxylic acids is 3. The molecule has 0 saturated carbocycles. The van der Waals surface area contributed by atoms with Gasteiger partial charge in [0, 0.05) is 6.20 Å². The third-order valence-corrected chi connectivity index (χ3v) is 3.08. The molecule has 7 nitrogen and oxygen atoms in total. The molecule has 20 heavy (non-hydrogen) atoms. The van der Waals surface area contributed by atoms with Crippen LogP contribution in [0.25, 0.3) is 0 Å². The van der Waals surface area contributed by atoms with Crippen LogP contribution in [0.1, 0.15) is 13.8 Å². The average Bonchev–Trinajstić information content (AvgIpc) is 2.55. The minimum absolute atomic E-state index is 0.137. The summed E-state index contributed by atoms with van der Waals surface area (Å²) in [6, 6.07) is 2.59. The van der Waals surface area contributed by atoms with Crippen molar-refractivity contribution >= 4 is 35.1 Å². The Balaban J connectivity index is 2.04. The number of urea groups is 1. The number of hydrogen-bond donors (Lipinski definition) is 2. The largest absolute Gasteiger partial charge is 0.325 e. The van der Waals surface area contributed by atoms with Crippen LogP contribution in [-0.2, 0) is 9.59 Å². The molecule has 0 bridgehead atoms. The maximum Gasteiger partial charge on any atom is 0.325 e. The Bertz CT molecular complexity index is 588. The fraction of sp³-hybridized carbons (Fsp3) is 0.333. The summed E-state index contributed by atoms with van der Waals surface area (Å²) in [5, 5.41) is 5.13. The maximum atomic E-state index is 11.9. The average molecular weight is 297 g/mol. The fourth-order valence-electron chi connectivity index (χ4n) is 1.77. The summed E-state index contributed by atoms with van der Waals surface area (Å²) in [6.07, 6.45) is 1.48. The molecule has 2 rings (SSSR count). The first-order valence-electron chi connectivity index (χ1n) is 5.86.